The number of ether oxygens (including phenoxy) is 3. The van der Waals surface area contributed by atoms with E-state index in [1.165, 1.54) is 6.07 Å². The van der Waals surface area contributed by atoms with E-state index >= 15 is 0 Å². The Balaban J connectivity index is 1.08. The first-order valence-electron chi connectivity index (χ1n) is 14.1. The number of primary amides is 1. The molecule has 3 aliphatic rings. The second-order valence-electron chi connectivity index (χ2n) is 11.2. The summed E-state index contributed by atoms with van der Waals surface area (Å²) in [5.74, 6) is -0.0102. The zero-order valence-electron chi connectivity index (χ0n) is 23.1. The van der Waals surface area contributed by atoms with Crippen molar-refractivity contribution in [2.24, 2.45) is 5.73 Å². The second kappa shape index (κ2) is 10.5. The maximum Gasteiger partial charge on any atom is 0.278 e. The minimum absolute atomic E-state index is 0.0934. The first-order chi connectivity index (χ1) is 20.3. The van der Waals surface area contributed by atoms with Crippen molar-refractivity contribution in [3.63, 3.8) is 0 Å². The van der Waals surface area contributed by atoms with Gasteiger partial charge in [-0.25, -0.2) is 9.37 Å². The molecule has 2 fully saturated rings. The molecule has 218 valence electrons. The molecule has 7 rings (SSSR count). The van der Waals surface area contributed by atoms with Crippen LogP contribution in [0.3, 0.4) is 0 Å². The number of carbonyl (C=O) groups excluding carboxylic acids is 1. The van der Waals surface area contributed by atoms with Crippen molar-refractivity contribution >= 4 is 28.7 Å². The Hall–Kier alpha value is -3.80. The Morgan fingerprint density at radius 3 is 2.67 bits per heavy atom. The van der Waals surface area contributed by atoms with Crippen LogP contribution in [0, 0.1) is 5.82 Å². The van der Waals surface area contributed by atoms with Gasteiger partial charge in [-0.15, -0.1) is 10.2 Å². The number of fused-ring (bicyclic) bond motifs is 2. The highest BCUT2D eigenvalue weighted by Crippen LogP contribution is 2.49. The Kier molecular flexibility index (Phi) is 6.75. The van der Waals surface area contributed by atoms with Gasteiger partial charge in [0.05, 0.1) is 24.8 Å². The molecule has 2 saturated heterocycles. The van der Waals surface area contributed by atoms with Gasteiger partial charge in [-0.2, -0.15) is 0 Å². The molecule has 42 heavy (non-hydrogen) atoms. The van der Waals surface area contributed by atoms with Gasteiger partial charge >= 0.3 is 0 Å². The van der Waals surface area contributed by atoms with Crippen LogP contribution in [-0.2, 0) is 23.6 Å². The van der Waals surface area contributed by atoms with Crippen molar-refractivity contribution in [3.8, 4) is 11.5 Å². The number of carbonyl (C=O) groups is 1. The van der Waals surface area contributed by atoms with Gasteiger partial charge in [0.2, 0.25) is 0 Å². The summed E-state index contributed by atoms with van der Waals surface area (Å²) in [6.45, 7) is 5.43. The topological polar surface area (TPSA) is 118 Å². The van der Waals surface area contributed by atoms with Crippen LogP contribution in [0.1, 0.15) is 59.5 Å². The number of piperidine rings is 1. The summed E-state index contributed by atoms with van der Waals surface area (Å²) in [7, 11) is 0. The number of nitrogens with two attached hydrogens (primary N) is 1. The zero-order chi connectivity index (χ0) is 29.0. The summed E-state index contributed by atoms with van der Waals surface area (Å²) < 4.78 is 35.0. The molecule has 0 unspecified atom stereocenters. The Labute approximate surface area is 246 Å². The molecule has 3 aliphatic heterocycles. The number of halogens is 2. The van der Waals surface area contributed by atoms with E-state index in [4.69, 9.17) is 36.5 Å². The van der Waals surface area contributed by atoms with E-state index < -0.39 is 17.5 Å². The van der Waals surface area contributed by atoms with Gasteiger partial charge in [0.15, 0.2) is 22.8 Å². The third kappa shape index (κ3) is 4.85. The second-order valence-corrected chi connectivity index (χ2v) is 11.7. The van der Waals surface area contributed by atoms with E-state index in [1.807, 2.05) is 12.1 Å². The number of nitrogens with zero attached hydrogens (tertiary/aromatic N) is 5. The van der Waals surface area contributed by atoms with Crippen molar-refractivity contribution < 1.29 is 23.4 Å². The number of hydrogen-bond donors (Lipinski definition) is 1. The predicted octanol–water partition coefficient (Wildman–Crippen LogP) is 4.53. The van der Waals surface area contributed by atoms with E-state index in [-0.39, 0.29) is 17.7 Å². The number of imidazole rings is 1. The van der Waals surface area contributed by atoms with Crippen molar-refractivity contribution in [2.45, 2.75) is 57.1 Å². The van der Waals surface area contributed by atoms with Gasteiger partial charge in [-0.3, -0.25) is 9.69 Å². The Morgan fingerprint density at radius 2 is 1.95 bits per heavy atom. The maximum atomic E-state index is 14.8. The van der Waals surface area contributed by atoms with Crippen molar-refractivity contribution in [1.29, 1.82) is 0 Å². The number of benzene rings is 2. The molecular weight excluding hydrogens is 563 g/mol. The normalized spacial score (nSPS) is 22.4. The van der Waals surface area contributed by atoms with Gasteiger partial charge in [0, 0.05) is 30.2 Å². The van der Waals surface area contributed by atoms with Crippen molar-refractivity contribution in [3.05, 3.63) is 75.9 Å². The quantitative estimate of drug-likeness (QED) is 0.333. The highest BCUT2D eigenvalue weighted by atomic mass is 35.5. The van der Waals surface area contributed by atoms with Crippen LogP contribution < -0.4 is 15.2 Å². The van der Waals surface area contributed by atoms with Crippen LogP contribution in [-0.4, -0.2) is 56.4 Å². The van der Waals surface area contributed by atoms with E-state index in [0.717, 1.165) is 50.3 Å². The zero-order valence-corrected chi connectivity index (χ0v) is 23.8. The van der Waals surface area contributed by atoms with Crippen LogP contribution in [0.25, 0.3) is 11.2 Å². The molecule has 2 atom stereocenters. The minimum Gasteiger partial charge on any atom is -0.444 e. The van der Waals surface area contributed by atoms with Crippen molar-refractivity contribution in [2.75, 3.05) is 19.7 Å². The Bertz CT molecular complexity index is 1690. The van der Waals surface area contributed by atoms with E-state index in [1.54, 1.807) is 25.1 Å². The fourth-order valence-electron chi connectivity index (χ4n) is 6.08. The largest absolute Gasteiger partial charge is 0.444 e. The lowest BCUT2D eigenvalue weighted by atomic mass is 9.88. The molecule has 2 aromatic carbocycles. The number of para-hydroxylation sites is 1. The number of aromatic nitrogens is 4. The predicted molar refractivity (Wildman–Crippen MR) is 152 cm³/mol. The first kappa shape index (κ1) is 27.1. The van der Waals surface area contributed by atoms with Gasteiger partial charge in [0.1, 0.15) is 17.2 Å². The number of amides is 1. The van der Waals surface area contributed by atoms with Gasteiger partial charge in [-0.05, 0) is 62.5 Å². The lowest BCUT2D eigenvalue weighted by Crippen LogP contribution is -2.35. The molecule has 5 heterocycles. The molecule has 4 aromatic rings. The summed E-state index contributed by atoms with van der Waals surface area (Å²) in [5.41, 5.74) is 8.09. The number of rotatable bonds is 7. The summed E-state index contributed by atoms with van der Waals surface area (Å²) in [6, 6.07) is 12.0. The molecule has 0 saturated carbocycles. The number of hydrogen-bond acceptors (Lipinski definition) is 8. The van der Waals surface area contributed by atoms with Crippen LogP contribution in [0.5, 0.6) is 11.5 Å². The monoisotopic (exact) mass is 592 g/mol. The van der Waals surface area contributed by atoms with Gasteiger partial charge in [-0.1, -0.05) is 23.7 Å². The molecule has 0 spiro atoms. The van der Waals surface area contributed by atoms with Crippen LogP contribution in [0.2, 0.25) is 5.02 Å². The molecule has 1 amide bonds. The van der Waals surface area contributed by atoms with E-state index in [2.05, 4.69) is 25.7 Å². The third-order valence-electron chi connectivity index (χ3n) is 8.43. The Morgan fingerprint density at radius 1 is 1.14 bits per heavy atom. The maximum absolute atomic E-state index is 14.8. The molecule has 0 bridgehead atoms. The molecule has 2 N–H and O–H groups in total. The molecule has 0 aliphatic carbocycles. The lowest BCUT2D eigenvalue weighted by Gasteiger charge is -2.33. The SMILES string of the molecule is C[C@]1(c2ccc(Cl)cc2F)Oc2cccc(C3CCN(Cc4nc5cc(C(N)=O)nnc5n4C[C@@H]4CCO4)CC3)c2O1. The van der Waals surface area contributed by atoms with Crippen LogP contribution in [0.4, 0.5) is 4.39 Å². The average Bonchev–Trinajstić information content (AvgIpc) is 3.47. The van der Waals surface area contributed by atoms with Gasteiger partial charge in [0.25, 0.3) is 11.7 Å². The summed E-state index contributed by atoms with van der Waals surface area (Å²) in [6.07, 6.45) is 2.90. The highest BCUT2D eigenvalue weighted by molar-refractivity contribution is 6.30. The smallest absolute Gasteiger partial charge is 0.278 e. The lowest BCUT2D eigenvalue weighted by molar-refractivity contribution is -0.0712. The average molecular weight is 593 g/mol. The van der Waals surface area contributed by atoms with Crippen LogP contribution >= 0.6 is 11.6 Å². The van der Waals surface area contributed by atoms with E-state index in [0.29, 0.717) is 46.3 Å². The minimum atomic E-state index is -1.28. The highest BCUT2D eigenvalue weighted by Gasteiger charge is 2.43. The fourth-order valence-corrected chi connectivity index (χ4v) is 6.23. The molecule has 10 nitrogen and oxygen atoms in total. The van der Waals surface area contributed by atoms with Crippen molar-refractivity contribution in [1.82, 2.24) is 24.6 Å². The van der Waals surface area contributed by atoms with E-state index in [9.17, 15) is 9.18 Å². The first-order valence-corrected chi connectivity index (χ1v) is 14.5. The molecule has 0 radical (unpaired) electrons. The van der Waals surface area contributed by atoms with Gasteiger partial charge < -0.3 is 24.5 Å². The molecule has 12 heteroatoms. The van der Waals surface area contributed by atoms with Crippen LogP contribution in [0.15, 0.2) is 42.5 Å². The summed E-state index contributed by atoms with van der Waals surface area (Å²) in [5, 5.41) is 8.59. The summed E-state index contributed by atoms with van der Waals surface area (Å²) in [4.78, 5) is 18.8. The standard InChI is InChI=1S/C30H30ClFN6O4/c1-30(21-6-5-18(31)13-22(21)32)41-25-4-2-3-20(27(25)42-30)17-7-10-37(11-8-17)16-26-34-24-14-23(28(33)39)35-36-29(24)38(26)15-19-9-12-40-19/h2-6,13-14,17,19H,7-12,15-16H2,1H3,(H2,33,39)/t19-,30-/m0/s1. The third-order valence-corrected chi connectivity index (χ3v) is 8.66. The number of likely N-dealkylation sites (tertiary alicyclic amines) is 1. The molecular formula is C30H30ClFN6O4. The molecule has 2 aromatic heterocycles. The fraction of sp³-hybridized carbons (Fsp3) is 0.400. The summed E-state index contributed by atoms with van der Waals surface area (Å²) >= 11 is 5.97.